The molecule has 3 aromatic rings. The summed E-state index contributed by atoms with van der Waals surface area (Å²) in [4.78, 5) is 29.1. The Hall–Kier alpha value is -3.10. The first kappa shape index (κ1) is 20.2. The van der Waals surface area contributed by atoms with E-state index in [1.807, 2.05) is 7.05 Å². The van der Waals surface area contributed by atoms with Crippen LogP contribution in [0.4, 0.5) is 14.6 Å². The van der Waals surface area contributed by atoms with E-state index in [0.29, 0.717) is 35.4 Å². The number of hydrogen-bond donors (Lipinski definition) is 2. The van der Waals surface area contributed by atoms with Gasteiger partial charge in [0.1, 0.15) is 11.5 Å². The van der Waals surface area contributed by atoms with Gasteiger partial charge in [0.2, 0.25) is 5.91 Å². The van der Waals surface area contributed by atoms with Crippen molar-refractivity contribution in [3.8, 4) is 11.4 Å². The van der Waals surface area contributed by atoms with E-state index in [1.165, 1.54) is 6.07 Å². The topological polar surface area (TPSA) is 86.8 Å². The maximum atomic E-state index is 14.5. The first-order valence-corrected chi connectivity index (χ1v) is 10.2. The van der Waals surface area contributed by atoms with Crippen LogP contribution in [0, 0.1) is 11.6 Å². The summed E-state index contributed by atoms with van der Waals surface area (Å²) in [6.07, 6.45) is 8.60. The highest BCUT2D eigenvalue weighted by molar-refractivity contribution is 5.91. The molecule has 0 unspecified atom stereocenters. The van der Waals surface area contributed by atoms with Crippen molar-refractivity contribution in [1.29, 1.82) is 0 Å². The number of fused-ring (bicyclic) bond motifs is 1. The van der Waals surface area contributed by atoms with Crippen LogP contribution in [-0.2, 0) is 4.79 Å². The molecule has 4 rings (SSSR count). The van der Waals surface area contributed by atoms with E-state index < -0.39 is 11.6 Å². The normalized spacial score (nSPS) is 18.6. The number of nitrogens with zero attached hydrogens (tertiary/aromatic N) is 4. The molecule has 4 heterocycles. The molecule has 1 saturated heterocycles. The van der Waals surface area contributed by atoms with Crippen molar-refractivity contribution in [2.24, 2.45) is 0 Å². The summed E-state index contributed by atoms with van der Waals surface area (Å²) in [5, 5.41) is 3.76. The van der Waals surface area contributed by atoms with Crippen LogP contribution in [0.5, 0.6) is 0 Å². The molecule has 0 spiro atoms. The monoisotopic (exact) mass is 414 g/mol. The summed E-state index contributed by atoms with van der Waals surface area (Å²) >= 11 is 0. The van der Waals surface area contributed by atoms with Crippen LogP contribution in [0.1, 0.15) is 38.5 Å². The average Bonchev–Trinajstić information content (AvgIpc) is 3.14. The Morgan fingerprint density at radius 1 is 1.17 bits per heavy atom. The molecule has 0 aromatic carbocycles. The van der Waals surface area contributed by atoms with Crippen LogP contribution >= 0.6 is 0 Å². The number of rotatable bonds is 3. The van der Waals surface area contributed by atoms with Crippen LogP contribution in [0.3, 0.4) is 0 Å². The summed E-state index contributed by atoms with van der Waals surface area (Å²) in [5.41, 5.74) is 1.07. The number of halogens is 2. The highest BCUT2D eigenvalue weighted by Crippen LogP contribution is 2.27. The summed E-state index contributed by atoms with van der Waals surface area (Å²) < 4.78 is 28.1. The summed E-state index contributed by atoms with van der Waals surface area (Å²) in [5.74, 6) is -0.397. The Balaban J connectivity index is 1.55. The van der Waals surface area contributed by atoms with Crippen molar-refractivity contribution in [3.63, 3.8) is 0 Å². The highest BCUT2D eigenvalue weighted by Gasteiger charge is 2.18. The predicted molar refractivity (Wildman–Crippen MR) is 110 cm³/mol. The van der Waals surface area contributed by atoms with E-state index in [4.69, 9.17) is 0 Å². The number of nitrogens with one attached hydrogen (secondary N) is 2. The van der Waals surface area contributed by atoms with E-state index in [0.717, 1.165) is 44.5 Å². The molecule has 158 valence electrons. The molecule has 9 heteroatoms. The maximum absolute atomic E-state index is 14.5. The number of H-pyrrole nitrogens is 1. The van der Waals surface area contributed by atoms with Crippen LogP contribution in [0.2, 0.25) is 0 Å². The average molecular weight is 414 g/mol. The van der Waals surface area contributed by atoms with Crippen molar-refractivity contribution >= 4 is 22.8 Å². The zero-order chi connectivity index (χ0) is 21.1. The van der Waals surface area contributed by atoms with Gasteiger partial charge in [0, 0.05) is 43.2 Å². The number of amides is 1. The summed E-state index contributed by atoms with van der Waals surface area (Å²) in [6, 6.07) is 1.40. The van der Waals surface area contributed by atoms with Crippen LogP contribution in [0.25, 0.3) is 22.4 Å². The fourth-order valence-corrected chi connectivity index (χ4v) is 3.80. The Bertz CT molecular complexity index is 1050. The van der Waals surface area contributed by atoms with Gasteiger partial charge in [0.05, 0.1) is 12.4 Å². The minimum absolute atomic E-state index is 0.0472. The Kier molecular flexibility index (Phi) is 5.87. The van der Waals surface area contributed by atoms with Crippen LogP contribution < -0.4 is 5.32 Å². The zero-order valence-electron chi connectivity index (χ0n) is 16.8. The molecule has 2 N–H and O–H groups in total. The minimum atomic E-state index is -0.535. The zero-order valence-corrected chi connectivity index (χ0v) is 16.8. The number of aromatic amines is 1. The lowest BCUT2D eigenvalue weighted by atomic mass is 10.0. The maximum Gasteiger partial charge on any atom is 0.222 e. The van der Waals surface area contributed by atoms with Gasteiger partial charge >= 0.3 is 0 Å². The second-order valence-corrected chi connectivity index (χ2v) is 7.69. The third-order valence-corrected chi connectivity index (χ3v) is 5.49. The molecule has 7 nitrogen and oxygen atoms in total. The second kappa shape index (κ2) is 8.73. The Morgan fingerprint density at radius 2 is 2.00 bits per heavy atom. The highest BCUT2D eigenvalue weighted by atomic mass is 19.1. The molecule has 1 fully saturated rings. The molecular formula is C21H24F2N6O. The van der Waals surface area contributed by atoms with Gasteiger partial charge < -0.3 is 15.2 Å². The molecule has 0 bridgehead atoms. The lowest BCUT2D eigenvalue weighted by Gasteiger charge is -2.24. The molecule has 1 aliphatic heterocycles. The minimum Gasteiger partial charge on any atom is -0.365 e. The summed E-state index contributed by atoms with van der Waals surface area (Å²) in [7, 11) is 1.82. The molecule has 0 saturated carbocycles. The van der Waals surface area contributed by atoms with Gasteiger partial charge in [-0.05, 0) is 31.7 Å². The lowest BCUT2D eigenvalue weighted by Crippen LogP contribution is -2.30. The van der Waals surface area contributed by atoms with E-state index in [9.17, 15) is 13.6 Å². The van der Waals surface area contributed by atoms with Crippen LogP contribution in [0.15, 0.2) is 24.7 Å². The Labute approximate surface area is 172 Å². The molecule has 1 aliphatic rings. The van der Waals surface area contributed by atoms with Crippen molar-refractivity contribution in [3.05, 3.63) is 36.3 Å². The van der Waals surface area contributed by atoms with Gasteiger partial charge in [0.15, 0.2) is 17.5 Å². The fourth-order valence-electron chi connectivity index (χ4n) is 3.80. The van der Waals surface area contributed by atoms with E-state index in [1.54, 1.807) is 11.1 Å². The van der Waals surface area contributed by atoms with Gasteiger partial charge in [-0.25, -0.2) is 23.7 Å². The van der Waals surface area contributed by atoms with Gasteiger partial charge in [-0.3, -0.25) is 4.79 Å². The molecular weight excluding hydrogens is 390 g/mol. The number of anilines is 1. The molecule has 1 amide bonds. The standard InChI is InChI=1S/C21H24F2N6O/c1-29-8-4-6-14(5-2-3-7-18(29)30)27-21-17(23)12-26-20(28-21)16-11-25-19-15(16)9-13(22)10-24-19/h9-12,14H,2-8H2,1H3,(H,24,25)(H,26,27,28)/t14-/m0/s1. The third-order valence-electron chi connectivity index (χ3n) is 5.49. The number of carbonyl (C=O) groups is 1. The van der Waals surface area contributed by atoms with Gasteiger partial charge in [-0.15, -0.1) is 0 Å². The molecule has 0 radical (unpaired) electrons. The smallest absolute Gasteiger partial charge is 0.222 e. The molecule has 0 aliphatic carbocycles. The third kappa shape index (κ3) is 4.39. The van der Waals surface area contributed by atoms with Gasteiger partial charge in [-0.1, -0.05) is 6.42 Å². The quantitative estimate of drug-likeness (QED) is 0.679. The number of pyridine rings is 1. The van der Waals surface area contributed by atoms with Gasteiger partial charge in [0.25, 0.3) is 0 Å². The van der Waals surface area contributed by atoms with Crippen LogP contribution in [-0.4, -0.2) is 50.4 Å². The SMILES string of the molecule is CN1CCC[C@@H](Nc2nc(-c3c[nH]c4ncc(F)cc34)ncc2F)CCCCC1=O. The van der Waals surface area contributed by atoms with Crippen molar-refractivity contribution < 1.29 is 13.6 Å². The Morgan fingerprint density at radius 3 is 2.87 bits per heavy atom. The van der Waals surface area contributed by atoms with Crippen molar-refractivity contribution in [2.75, 3.05) is 18.9 Å². The summed E-state index contributed by atoms with van der Waals surface area (Å²) in [6.45, 7) is 0.683. The predicted octanol–water partition coefficient (Wildman–Crippen LogP) is 3.89. The largest absolute Gasteiger partial charge is 0.365 e. The molecule has 1 atom stereocenters. The van der Waals surface area contributed by atoms with Gasteiger partial charge in [-0.2, -0.15) is 0 Å². The van der Waals surface area contributed by atoms with Crippen molar-refractivity contribution in [2.45, 2.75) is 44.6 Å². The number of aromatic nitrogens is 4. The second-order valence-electron chi connectivity index (χ2n) is 7.69. The van der Waals surface area contributed by atoms with E-state index in [2.05, 4.69) is 25.3 Å². The van der Waals surface area contributed by atoms with E-state index in [-0.39, 0.29) is 17.8 Å². The molecule has 3 aromatic heterocycles. The fraction of sp³-hybridized carbons (Fsp3) is 0.429. The lowest BCUT2D eigenvalue weighted by molar-refractivity contribution is -0.130. The molecule has 30 heavy (non-hydrogen) atoms. The number of hydrogen-bond acceptors (Lipinski definition) is 5. The number of carbonyl (C=O) groups excluding carboxylic acids is 1. The van der Waals surface area contributed by atoms with Crippen molar-refractivity contribution in [1.82, 2.24) is 24.8 Å². The first-order chi connectivity index (χ1) is 14.5. The van der Waals surface area contributed by atoms with E-state index >= 15 is 0 Å². The first-order valence-electron chi connectivity index (χ1n) is 10.2.